The highest BCUT2D eigenvalue weighted by molar-refractivity contribution is 5.13. The zero-order chi connectivity index (χ0) is 5.70. The number of hydrogen-bond acceptors (Lipinski definition) is 0. The standard InChI is InChI=1S/C7H12.H2O/c1-4-6-7(3)5-2;/h4-6H,1-3H3;1H2. The minimum atomic E-state index is 0. The Morgan fingerprint density at radius 2 is 1.75 bits per heavy atom. The molecule has 2 N–H and O–H groups in total. The minimum absolute atomic E-state index is 0. The topological polar surface area (TPSA) is 31.5 Å². The van der Waals surface area contributed by atoms with Gasteiger partial charge in [-0.3, -0.25) is 0 Å². The van der Waals surface area contributed by atoms with Crippen molar-refractivity contribution in [1.82, 2.24) is 0 Å². The fourth-order valence-corrected chi connectivity index (χ4v) is 0.359. The molecule has 0 heterocycles. The van der Waals surface area contributed by atoms with Gasteiger partial charge in [0, 0.05) is 0 Å². The molecule has 0 aliphatic carbocycles. The van der Waals surface area contributed by atoms with Crippen molar-refractivity contribution in [3.8, 4) is 0 Å². The molecule has 0 saturated heterocycles. The quantitative estimate of drug-likeness (QED) is 0.465. The highest BCUT2D eigenvalue weighted by atomic mass is 16.0. The first-order valence-electron chi connectivity index (χ1n) is 2.57. The lowest BCUT2D eigenvalue weighted by atomic mass is 10.3. The van der Waals surface area contributed by atoms with Crippen LogP contribution in [0.3, 0.4) is 0 Å². The smallest absolute Gasteiger partial charge is 0.0401 e. The molecule has 0 atom stereocenters. The molecule has 0 amide bonds. The molecule has 1 nitrogen and oxygen atoms in total. The monoisotopic (exact) mass is 114 g/mol. The summed E-state index contributed by atoms with van der Waals surface area (Å²) in [6.45, 7) is 6.14. The van der Waals surface area contributed by atoms with Crippen LogP contribution in [0.25, 0.3) is 0 Å². The van der Waals surface area contributed by atoms with Crippen LogP contribution in [0.1, 0.15) is 20.8 Å². The zero-order valence-corrected chi connectivity index (χ0v) is 5.73. The van der Waals surface area contributed by atoms with Gasteiger partial charge in [0.2, 0.25) is 0 Å². The van der Waals surface area contributed by atoms with E-state index in [-0.39, 0.29) is 5.48 Å². The highest BCUT2D eigenvalue weighted by Crippen LogP contribution is 1.91. The van der Waals surface area contributed by atoms with Crippen LogP contribution in [0.15, 0.2) is 23.8 Å². The van der Waals surface area contributed by atoms with E-state index in [1.807, 2.05) is 19.9 Å². The molecule has 0 spiro atoms. The van der Waals surface area contributed by atoms with Crippen molar-refractivity contribution in [1.29, 1.82) is 0 Å². The van der Waals surface area contributed by atoms with E-state index in [0.717, 1.165) is 0 Å². The molecule has 0 saturated carbocycles. The average molecular weight is 114 g/mol. The molecule has 1 heteroatoms. The fourth-order valence-electron chi connectivity index (χ4n) is 0.359. The van der Waals surface area contributed by atoms with Crippen LogP contribution in [-0.4, -0.2) is 5.48 Å². The maximum atomic E-state index is 2.08. The van der Waals surface area contributed by atoms with E-state index in [1.165, 1.54) is 5.57 Å². The number of rotatable bonds is 1. The van der Waals surface area contributed by atoms with Crippen molar-refractivity contribution in [3.63, 3.8) is 0 Å². The van der Waals surface area contributed by atoms with Crippen LogP contribution < -0.4 is 0 Å². The first-order valence-corrected chi connectivity index (χ1v) is 2.57. The van der Waals surface area contributed by atoms with E-state index in [9.17, 15) is 0 Å². The SMILES string of the molecule is CC=CC(C)=CC.O. The predicted molar refractivity (Wildman–Crippen MR) is 37.9 cm³/mol. The average Bonchev–Trinajstić information content (AvgIpc) is 1.68. The second kappa shape index (κ2) is 6.44. The molecule has 48 valence electrons. The highest BCUT2D eigenvalue weighted by Gasteiger charge is 1.69. The molecule has 0 aromatic heterocycles. The van der Waals surface area contributed by atoms with Crippen LogP contribution >= 0.6 is 0 Å². The fraction of sp³-hybridized carbons (Fsp3) is 0.429. The molecule has 0 bridgehead atoms. The zero-order valence-electron chi connectivity index (χ0n) is 5.73. The summed E-state index contributed by atoms with van der Waals surface area (Å²) in [6, 6.07) is 0. The number of allylic oxidation sites excluding steroid dienone is 4. The second-order valence-corrected chi connectivity index (χ2v) is 1.53. The van der Waals surface area contributed by atoms with Gasteiger partial charge in [0.05, 0.1) is 0 Å². The van der Waals surface area contributed by atoms with Crippen molar-refractivity contribution in [2.75, 3.05) is 0 Å². The molecule has 0 radical (unpaired) electrons. The van der Waals surface area contributed by atoms with Gasteiger partial charge in [-0.05, 0) is 20.8 Å². The Bertz CT molecular complexity index is 90.6. The van der Waals surface area contributed by atoms with Gasteiger partial charge in [-0.25, -0.2) is 0 Å². The third-order valence-electron chi connectivity index (χ3n) is 0.885. The Balaban J connectivity index is 0. The molecule has 0 unspecified atom stereocenters. The van der Waals surface area contributed by atoms with Crippen molar-refractivity contribution < 1.29 is 5.48 Å². The van der Waals surface area contributed by atoms with Crippen LogP contribution in [-0.2, 0) is 0 Å². The summed E-state index contributed by atoms with van der Waals surface area (Å²) >= 11 is 0. The number of hydrogen-bond donors (Lipinski definition) is 0. The molecule has 0 aliphatic rings. The minimum Gasteiger partial charge on any atom is -0.412 e. The summed E-state index contributed by atoms with van der Waals surface area (Å²) in [5, 5.41) is 0. The van der Waals surface area contributed by atoms with Gasteiger partial charge < -0.3 is 5.48 Å². The molecular weight excluding hydrogens is 100 g/mol. The molecule has 8 heavy (non-hydrogen) atoms. The predicted octanol–water partition coefficient (Wildman–Crippen LogP) is 1.70. The first-order chi connectivity index (χ1) is 3.31. The van der Waals surface area contributed by atoms with E-state index in [4.69, 9.17) is 0 Å². The van der Waals surface area contributed by atoms with E-state index >= 15 is 0 Å². The molecular formula is C7H14O. The van der Waals surface area contributed by atoms with Gasteiger partial charge in [-0.2, -0.15) is 0 Å². The Morgan fingerprint density at radius 1 is 1.25 bits per heavy atom. The van der Waals surface area contributed by atoms with Gasteiger partial charge in [0.1, 0.15) is 0 Å². The third kappa shape index (κ3) is 5.44. The van der Waals surface area contributed by atoms with Gasteiger partial charge >= 0.3 is 0 Å². The molecule has 0 aromatic carbocycles. The summed E-state index contributed by atoms with van der Waals surface area (Å²) in [5.74, 6) is 0. The summed E-state index contributed by atoms with van der Waals surface area (Å²) in [6.07, 6.45) is 6.20. The summed E-state index contributed by atoms with van der Waals surface area (Å²) < 4.78 is 0. The van der Waals surface area contributed by atoms with Crippen LogP contribution in [0.5, 0.6) is 0 Å². The van der Waals surface area contributed by atoms with Crippen molar-refractivity contribution in [2.24, 2.45) is 0 Å². The molecule has 0 fully saturated rings. The van der Waals surface area contributed by atoms with Crippen LogP contribution in [0, 0.1) is 0 Å². The summed E-state index contributed by atoms with van der Waals surface area (Å²) in [5.41, 5.74) is 1.32. The second-order valence-electron chi connectivity index (χ2n) is 1.53. The van der Waals surface area contributed by atoms with Gasteiger partial charge in [-0.1, -0.05) is 23.8 Å². The van der Waals surface area contributed by atoms with Crippen LogP contribution in [0.4, 0.5) is 0 Å². The third-order valence-corrected chi connectivity index (χ3v) is 0.885. The van der Waals surface area contributed by atoms with Crippen LogP contribution in [0.2, 0.25) is 0 Å². The first kappa shape index (κ1) is 10.4. The van der Waals surface area contributed by atoms with Gasteiger partial charge in [-0.15, -0.1) is 0 Å². The lowest BCUT2D eigenvalue weighted by Crippen LogP contribution is -1.60. The van der Waals surface area contributed by atoms with Crippen molar-refractivity contribution in [2.45, 2.75) is 20.8 Å². The van der Waals surface area contributed by atoms with Gasteiger partial charge in [0.15, 0.2) is 0 Å². The molecule has 0 aromatic rings. The van der Waals surface area contributed by atoms with Crippen molar-refractivity contribution in [3.05, 3.63) is 23.8 Å². The Kier molecular flexibility index (Phi) is 8.39. The van der Waals surface area contributed by atoms with E-state index in [0.29, 0.717) is 0 Å². The van der Waals surface area contributed by atoms with E-state index < -0.39 is 0 Å². The molecule has 0 aliphatic heterocycles. The Hall–Kier alpha value is -0.560. The maximum Gasteiger partial charge on any atom is -0.0401 e. The largest absolute Gasteiger partial charge is 0.412 e. The molecule has 0 rings (SSSR count). The Labute approximate surface area is 51.0 Å². The Morgan fingerprint density at radius 3 is 1.88 bits per heavy atom. The van der Waals surface area contributed by atoms with Gasteiger partial charge in [0.25, 0.3) is 0 Å². The summed E-state index contributed by atoms with van der Waals surface area (Å²) in [4.78, 5) is 0. The van der Waals surface area contributed by atoms with E-state index in [2.05, 4.69) is 19.1 Å². The lowest BCUT2D eigenvalue weighted by Gasteiger charge is -1.81. The maximum absolute atomic E-state index is 2.08. The summed E-state index contributed by atoms with van der Waals surface area (Å²) in [7, 11) is 0. The lowest BCUT2D eigenvalue weighted by molar-refractivity contribution is 0.824. The van der Waals surface area contributed by atoms with E-state index in [1.54, 1.807) is 0 Å². The normalized spacial score (nSPS) is 11.6. The van der Waals surface area contributed by atoms with Crippen molar-refractivity contribution >= 4 is 0 Å².